The largest absolute Gasteiger partial charge is 0.497 e. The van der Waals surface area contributed by atoms with Gasteiger partial charge in [-0.1, -0.05) is 22.4 Å². The van der Waals surface area contributed by atoms with Gasteiger partial charge in [-0.15, -0.1) is 0 Å². The highest BCUT2D eigenvalue weighted by atomic mass is 16.7. The lowest BCUT2D eigenvalue weighted by Crippen LogP contribution is -2.60. The van der Waals surface area contributed by atoms with Gasteiger partial charge < -0.3 is 54.7 Å². The van der Waals surface area contributed by atoms with E-state index in [1.807, 2.05) is 0 Å². The minimum absolute atomic E-state index is 0.172. The predicted molar refractivity (Wildman–Crippen MR) is 113 cm³/mol. The SMILES string of the molecule is COc1ccc([C@@H]2O[C@H](CO)[C@H](O)[C@H](O)[C@H]2n2cc(O[C@@H]3O[C@H](CO)[C@H](O)[C@H](O)[C@H]3O)nn2)cc1. The molecule has 1 aromatic heterocycles. The van der Waals surface area contributed by atoms with Crippen molar-refractivity contribution in [3.8, 4) is 11.6 Å². The molecule has 0 unspecified atom stereocenters. The third-order valence-corrected chi connectivity index (χ3v) is 6.22. The van der Waals surface area contributed by atoms with Crippen LogP contribution in [0.4, 0.5) is 0 Å². The summed E-state index contributed by atoms with van der Waals surface area (Å²) in [4.78, 5) is 0. The van der Waals surface area contributed by atoms with Gasteiger partial charge in [0.2, 0.25) is 6.29 Å². The van der Waals surface area contributed by atoms with Crippen LogP contribution in [-0.2, 0) is 9.47 Å². The standard InChI is InChI=1S/C21H29N3O11/c1-32-10-4-2-9(3-5-10)20-14(17(29)15(27)11(7-25)33-20)24-6-13(22-23-24)35-21-19(31)18(30)16(28)12(8-26)34-21/h2-6,11-12,14-21,25-31H,7-8H2,1H3/t11-,12-,14-,15+,16+,17-,18+,19-,20+,21+/m1/s1. The Morgan fingerprint density at radius 2 is 1.49 bits per heavy atom. The van der Waals surface area contributed by atoms with E-state index in [9.17, 15) is 35.7 Å². The first-order chi connectivity index (χ1) is 16.8. The summed E-state index contributed by atoms with van der Waals surface area (Å²) in [5.74, 6) is 0.421. The summed E-state index contributed by atoms with van der Waals surface area (Å²) in [7, 11) is 1.52. The molecule has 14 heteroatoms. The Kier molecular flexibility index (Phi) is 7.85. The zero-order valence-corrected chi connectivity index (χ0v) is 18.7. The molecule has 0 bridgehead atoms. The Morgan fingerprint density at radius 1 is 0.857 bits per heavy atom. The molecule has 0 saturated carbocycles. The van der Waals surface area contributed by atoms with E-state index < -0.39 is 74.4 Å². The van der Waals surface area contributed by atoms with Crippen molar-refractivity contribution < 1.29 is 54.7 Å². The number of aliphatic hydroxyl groups is 7. The van der Waals surface area contributed by atoms with E-state index in [-0.39, 0.29) is 5.88 Å². The predicted octanol–water partition coefficient (Wildman–Crippen LogP) is -3.14. The molecular formula is C21H29N3O11. The molecule has 35 heavy (non-hydrogen) atoms. The lowest BCUT2D eigenvalue weighted by molar-refractivity contribution is -0.278. The molecule has 0 amide bonds. The van der Waals surface area contributed by atoms with Crippen LogP contribution in [0.3, 0.4) is 0 Å². The molecule has 14 nitrogen and oxygen atoms in total. The van der Waals surface area contributed by atoms with Crippen molar-refractivity contribution in [2.45, 2.75) is 61.2 Å². The first-order valence-corrected chi connectivity index (χ1v) is 10.9. The summed E-state index contributed by atoms with van der Waals surface area (Å²) >= 11 is 0. The van der Waals surface area contributed by atoms with Crippen LogP contribution in [-0.4, -0.2) is 120 Å². The second-order valence-corrected chi connectivity index (χ2v) is 8.37. The van der Waals surface area contributed by atoms with E-state index in [1.54, 1.807) is 24.3 Å². The molecule has 194 valence electrons. The van der Waals surface area contributed by atoms with Gasteiger partial charge in [0.25, 0.3) is 5.88 Å². The normalized spacial score (nSPS) is 37.7. The van der Waals surface area contributed by atoms with Gasteiger partial charge in [0.05, 0.1) is 26.5 Å². The molecule has 2 aromatic rings. The maximum atomic E-state index is 10.9. The fourth-order valence-electron chi connectivity index (χ4n) is 4.21. The molecule has 1 aromatic carbocycles. The maximum Gasteiger partial charge on any atom is 0.255 e. The van der Waals surface area contributed by atoms with E-state index in [0.29, 0.717) is 11.3 Å². The van der Waals surface area contributed by atoms with Gasteiger partial charge in [-0.05, 0) is 17.7 Å². The van der Waals surface area contributed by atoms with E-state index >= 15 is 0 Å². The first kappa shape index (κ1) is 25.7. The zero-order chi connectivity index (χ0) is 25.3. The van der Waals surface area contributed by atoms with E-state index in [1.165, 1.54) is 18.0 Å². The fraction of sp³-hybridized carbons (Fsp3) is 0.619. The fourth-order valence-corrected chi connectivity index (χ4v) is 4.21. The second-order valence-electron chi connectivity index (χ2n) is 8.37. The minimum atomic E-state index is -1.65. The lowest BCUT2D eigenvalue weighted by Gasteiger charge is -2.42. The molecular weight excluding hydrogens is 470 g/mol. The van der Waals surface area contributed by atoms with Crippen LogP contribution >= 0.6 is 0 Å². The van der Waals surface area contributed by atoms with Crippen LogP contribution in [0.25, 0.3) is 0 Å². The van der Waals surface area contributed by atoms with Crippen molar-refractivity contribution in [3.63, 3.8) is 0 Å². The number of hydrogen-bond donors (Lipinski definition) is 7. The van der Waals surface area contributed by atoms with E-state index in [4.69, 9.17) is 18.9 Å². The molecule has 7 N–H and O–H groups in total. The summed E-state index contributed by atoms with van der Waals surface area (Å²) in [6.07, 6.45) is -11.0. The molecule has 2 aliphatic heterocycles. The molecule has 2 aliphatic rings. The number of ether oxygens (including phenoxy) is 4. The van der Waals surface area contributed by atoms with Crippen molar-refractivity contribution in [2.75, 3.05) is 20.3 Å². The van der Waals surface area contributed by atoms with Crippen LogP contribution in [0.2, 0.25) is 0 Å². The number of aliphatic hydroxyl groups excluding tert-OH is 7. The average molecular weight is 499 g/mol. The molecule has 3 heterocycles. The molecule has 0 spiro atoms. The third-order valence-electron chi connectivity index (χ3n) is 6.22. The smallest absolute Gasteiger partial charge is 0.255 e. The summed E-state index contributed by atoms with van der Waals surface area (Å²) in [6.45, 7) is -1.16. The number of benzene rings is 1. The van der Waals surface area contributed by atoms with Gasteiger partial charge in [-0.3, -0.25) is 0 Å². The number of methoxy groups -OCH3 is 1. The highest BCUT2D eigenvalue weighted by Gasteiger charge is 2.47. The highest BCUT2D eigenvalue weighted by molar-refractivity contribution is 5.30. The van der Waals surface area contributed by atoms with Crippen LogP contribution < -0.4 is 9.47 Å². The third kappa shape index (κ3) is 4.97. The highest BCUT2D eigenvalue weighted by Crippen LogP contribution is 2.40. The summed E-state index contributed by atoms with van der Waals surface area (Å²) < 4.78 is 23.0. The Hall–Kier alpha value is -2.40. The molecule has 0 radical (unpaired) electrons. The topological polar surface area (TPSA) is 209 Å². The number of nitrogens with zero attached hydrogens (tertiary/aromatic N) is 3. The van der Waals surface area contributed by atoms with Gasteiger partial charge >= 0.3 is 0 Å². The number of rotatable bonds is 7. The van der Waals surface area contributed by atoms with Crippen molar-refractivity contribution >= 4 is 0 Å². The van der Waals surface area contributed by atoms with Crippen LogP contribution in [0.15, 0.2) is 30.5 Å². The monoisotopic (exact) mass is 499 g/mol. The summed E-state index contributed by atoms with van der Waals surface area (Å²) in [6, 6.07) is 5.79. The van der Waals surface area contributed by atoms with Gasteiger partial charge in [-0.25, -0.2) is 4.68 Å². The zero-order valence-electron chi connectivity index (χ0n) is 18.7. The van der Waals surface area contributed by atoms with Crippen LogP contribution in [0, 0.1) is 0 Å². The van der Waals surface area contributed by atoms with E-state index in [0.717, 1.165) is 0 Å². The number of aromatic nitrogens is 3. The number of hydrogen-bond acceptors (Lipinski definition) is 13. The van der Waals surface area contributed by atoms with Crippen LogP contribution in [0.1, 0.15) is 17.7 Å². The van der Waals surface area contributed by atoms with Crippen molar-refractivity contribution in [1.29, 1.82) is 0 Å². The molecule has 2 fully saturated rings. The minimum Gasteiger partial charge on any atom is -0.497 e. The van der Waals surface area contributed by atoms with Crippen molar-refractivity contribution in [1.82, 2.24) is 15.0 Å². The van der Waals surface area contributed by atoms with E-state index in [2.05, 4.69) is 10.3 Å². The van der Waals surface area contributed by atoms with Crippen LogP contribution in [0.5, 0.6) is 11.6 Å². The summed E-state index contributed by atoms with van der Waals surface area (Å²) in [5.41, 5.74) is 0.604. The second kappa shape index (κ2) is 10.7. The quantitative estimate of drug-likeness (QED) is 0.201. The Balaban J connectivity index is 1.59. The maximum absolute atomic E-state index is 10.9. The van der Waals surface area contributed by atoms with Crippen molar-refractivity contribution in [3.05, 3.63) is 36.0 Å². The molecule has 0 aliphatic carbocycles. The average Bonchev–Trinajstić information content (AvgIpc) is 3.33. The van der Waals surface area contributed by atoms with Gasteiger partial charge in [0.15, 0.2) is 0 Å². The Labute approximate surface area is 199 Å². The van der Waals surface area contributed by atoms with Gasteiger partial charge in [0.1, 0.15) is 60.6 Å². The van der Waals surface area contributed by atoms with Gasteiger partial charge in [0, 0.05) is 0 Å². The van der Waals surface area contributed by atoms with Gasteiger partial charge in [-0.2, -0.15) is 0 Å². The molecule has 10 atom stereocenters. The lowest BCUT2D eigenvalue weighted by atomic mass is 9.89. The molecule has 4 rings (SSSR count). The Bertz CT molecular complexity index is 958. The Morgan fingerprint density at radius 3 is 2.11 bits per heavy atom. The first-order valence-electron chi connectivity index (χ1n) is 10.9. The molecule has 2 saturated heterocycles. The summed E-state index contributed by atoms with van der Waals surface area (Å²) in [5, 5.41) is 78.1. The van der Waals surface area contributed by atoms with Crippen molar-refractivity contribution in [2.24, 2.45) is 0 Å².